The van der Waals surface area contributed by atoms with E-state index in [9.17, 15) is 22.8 Å². The van der Waals surface area contributed by atoms with Crippen LogP contribution in [0, 0.1) is 6.92 Å². The van der Waals surface area contributed by atoms with Crippen molar-refractivity contribution >= 4 is 27.9 Å². The molecule has 1 heterocycles. The van der Waals surface area contributed by atoms with Crippen LogP contribution in [0.4, 0.5) is 0 Å². The summed E-state index contributed by atoms with van der Waals surface area (Å²) < 4.78 is 33.4. The van der Waals surface area contributed by atoms with Crippen LogP contribution in [0.15, 0.2) is 53.4 Å². The second-order valence-corrected chi connectivity index (χ2v) is 10.6. The van der Waals surface area contributed by atoms with Crippen LogP contribution < -0.4 is 10.0 Å². The summed E-state index contributed by atoms with van der Waals surface area (Å²) in [5.74, 6) is -1.74. The first-order chi connectivity index (χ1) is 16.5. The summed E-state index contributed by atoms with van der Waals surface area (Å²) in [6.45, 7) is 2.49. The Morgan fingerprint density at radius 1 is 1.06 bits per heavy atom. The molecule has 2 N–H and O–H groups in total. The highest BCUT2D eigenvalue weighted by molar-refractivity contribution is 7.89. The minimum Gasteiger partial charge on any atom is -0.391 e. The van der Waals surface area contributed by atoms with Gasteiger partial charge < -0.3 is 15.0 Å². The van der Waals surface area contributed by atoms with E-state index in [0.717, 1.165) is 17.5 Å². The number of benzene rings is 2. The van der Waals surface area contributed by atoms with Gasteiger partial charge in [0.25, 0.3) is 0 Å². The van der Waals surface area contributed by atoms with E-state index in [1.54, 1.807) is 50.5 Å². The molecule has 1 aliphatic heterocycles. The third-order valence-corrected chi connectivity index (χ3v) is 7.26. The maximum atomic E-state index is 13.0. The molecule has 0 spiro atoms. The second kappa shape index (κ2) is 11.6. The van der Waals surface area contributed by atoms with Gasteiger partial charge in [-0.2, -0.15) is 4.72 Å². The largest absolute Gasteiger partial charge is 0.391 e. The summed E-state index contributed by atoms with van der Waals surface area (Å²) in [6.07, 6.45) is 1.54. The summed E-state index contributed by atoms with van der Waals surface area (Å²) in [4.78, 5) is 38.7. The van der Waals surface area contributed by atoms with Gasteiger partial charge in [0.1, 0.15) is 12.1 Å². The number of carbonyl (C=O) groups excluding carboxylic acids is 3. The molecular weight excluding hydrogens is 470 g/mol. The van der Waals surface area contributed by atoms with Gasteiger partial charge in [0, 0.05) is 14.1 Å². The van der Waals surface area contributed by atoms with Gasteiger partial charge in [-0.3, -0.25) is 4.79 Å². The topological polar surface area (TPSA) is 122 Å². The minimum atomic E-state index is -4.06. The molecule has 1 aliphatic rings. The summed E-state index contributed by atoms with van der Waals surface area (Å²) in [5.41, 5.74) is 2.32. The van der Waals surface area contributed by atoms with Gasteiger partial charge in [0.05, 0.1) is 11.3 Å². The number of nitrogens with one attached hydrogen (secondary N) is 2. The summed E-state index contributed by atoms with van der Waals surface area (Å²) in [7, 11) is -0.706. The average molecular weight is 502 g/mol. The number of amides is 1. The lowest BCUT2D eigenvalue weighted by molar-refractivity contribution is -0.162. The molecule has 2 aromatic carbocycles. The Bertz CT molecular complexity index is 1150. The van der Waals surface area contributed by atoms with Crippen molar-refractivity contribution in [2.45, 2.75) is 49.6 Å². The fourth-order valence-electron chi connectivity index (χ4n) is 3.63. The number of carbonyl (C=O) groups is 3. The quantitative estimate of drug-likeness (QED) is 0.393. The molecule has 10 heteroatoms. The number of hydrogen-bond acceptors (Lipinski definition) is 7. The van der Waals surface area contributed by atoms with Crippen molar-refractivity contribution in [3.05, 3.63) is 65.2 Å². The first-order valence-corrected chi connectivity index (χ1v) is 12.9. The highest BCUT2D eigenvalue weighted by Crippen LogP contribution is 2.15. The molecule has 2 aromatic rings. The smallest absolute Gasteiger partial charge is 0.332 e. The maximum absolute atomic E-state index is 13.0. The summed E-state index contributed by atoms with van der Waals surface area (Å²) in [6, 6.07) is 11.3. The maximum Gasteiger partial charge on any atom is 0.332 e. The van der Waals surface area contributed by atoms with E-state index in [1.807, 2.05) is 6.92 Å². The molecule has 0 aliphatic carbocycles. The lowest BCUT2D eigenvalue weighted by Crippen LogP contribution is -2.45. The Balaban J connectivity index is 1.78. The molecule has 0 saturated carbocycles. The van der Waals surface area contributed by atoms with Crippen LogP contribution in [0.3, 0.4) is 0 Å². The summed E-state index contributed by atoms with van der Waals surface area (Å²) >= 11 is 0. The first-order valence-electron chi connectivity index (χ1n) is 11.4. The highest BCUT2D eigenvalue weighted by Gasteiger charge is 2.32. The van der Waals surface area contributed by atoms with Gasteiger partial charge in [-0.05, 0) is 56.0 Å². The van der Waals surface area contributed by atoms with Crippen molar-refractivity contribution in [3.8, 4) is 0 Å². The SMILES string of the molecule is Cc1ccc(S(=O)(=O)N[C@@H](Cc2ccc(CC(=O)N(C)C)cc2)C(=O)OC(=O)[C@@H]2CCCN2)cc1. The van der Waals surface area contributed by atoms with Crippen molar-refractivity contribution in [3.63, 3.8) is 0 Å². The third-order valence-electron chi connectivity index (χ3n) is 5.78. The normalized spacial score (nSPS) is 16.5. The Kier molecular flexibility index (Phi) is 8.76. The van der Waals surface area contributed by atoms with E-state index in [1.165, 1.54) is 17.0 Å². The molecular formula is C25H31N3O6S. The monoisotopic (exact) mass is 501 g/mol. The number of ether oxygens (including phenoxy) is 1. The van der Waals surface area contributed by atoms with Gasteiger partial charge in [0.2, 0.25) is 15.9 Å². The Morgan fingerprint density at radius 2 is 1.69 bits per heavy atom. The van der Waals surface area contributed by atoms with E-state index in [-0.39, 0.29) is 23.6 Å². The van der Waals surface area contributed by atoms with Gasteiger partial charge in [-0.15, -0.1) is 0 Å². The molecule has 0 aromatic heterocycles. The number of aryl methyl sites for hydroxylation is 1. The molecule has 1 fully saturated rings. The molecule has 2 atom stereocenters. The van der Waals surface area contributed by atoms with Crippen LogP contribution in [0.1, 0.15) is 29.5 Å². The predicted molar refractivity (Wildman–Crippen MR) is 130 cm³/mol. The van der Waals surface area contributed by atoms with E-state index in [4.69, 9.17) is 4.74 Å². The van der Waals surface area contributed by atoms with Crippen molar-refractivity contribution in [2.24, 2.45) is 0 Å². The Hall–Kier alpha value is -3.08. The zero-order valence-corrected chi connectivity index (χ0v) is 20.9. The molecule has 35 heavy (non-hydrogen) atoms. The predicted octanol–water partition coefficient (Wildman–Crippen LogP) is 1.34. The highest BCUT2D eigenvalue weighted by atomic mass is 32.2. The van der Waals surface area contributed by atoms with Crippen LogP contribution in [-0.4, -0.2) is 63.9 Å². The molecule has 0 radical (unpaired) electrons. The van der Waals surface area contributed by atoms with Gasteiger partial charge in [0.15, 0.2) is 0 Å². The molecule has 0 unspecified atom stereocenters. The van der Waals surface area contributed by atoms with Crippen LogP contribution in [-0.2, 0) is 42.0 Å². The standard InChI is InChI=1S/C25H31N3O6S/c1-17-6-12-20(13-7-17)35(32,33)27-22(25(31)34-24(30)21-5-4-14-26-21)15-18-8-10-19(11-9-18)16-23(29)28(2)3/h6-13,21-22,26-27H,4-5,14-16H2,1-3H3/t21-,22-/m0/s1. The third kappa shape index (κ3) is 7.45. The van der Waals surface area contributed by atoms with Crippen LogP contribution >= 0.6 is 0 Å². The van der Waals surface area contributed by atoms with Crippen molar-refractivity contribution in [1.82, 2.24) is 14.9 Å². The van der Waals surface area contributed by atoms with Crippen molar-refractivity contribution in [1.29, 1.82) is 0 Å². The number of hydrogen-bond donors (Lipinski definition) is 2. The van der Waals surface area contributed by atoms with Crippen molar-refractivity contribution in [2.75, 3.05) is 20.6 Å². The van der Waals surface area contributed by atoms with E-state index < -0.39 is 34.0 Å². The zero-order chi connectivity index (χ0) is 25.6. The van der Waals surface area contributed by atoms with Crippen LogP contribution in [0.5, 0.6) is 0 Å². The number of rotatable bonds is 9. The minimum absolute atomic E-state index is 0.00207. The number of esters is 2. The van der Waals surface area contributed by atoms with Gasteiger partial charge in [-0.25, -0.2) is 18.0 Å². The lowest BCUT2D eigenvalue weighted by atomic mass is 10.0. The molecule has 9 nitrogen and oxygen atoms in total. The fourth-order valence-corrected chi connectivity index (χ4v) is 4.82. The van der Waals surface area contributed by atoms with E-state index >= 15 is 0 Å². The summed E-state index contributed by atoms with van der Waals surface area (Å²) in [5, 5.41) is 2.96. The number of likely N-dealkylation sites (N-methyl/N-ethyl adjacent to an activating group) is 1. The fraction of sp³-hybridized carbons (Fsp3) is 0.400. The molecule has 1 saturated heterocycles. The Labute approximate surface area is 205 Å². The molecule has 0 bridgehead atoms. The lowest BCUT2D eigenvalue weighted by Gasteiger charge is -2.19. The van der Waals surface area contributed by atoms with Crippen LogP contribution in [0.25, 0.3) is 0 Å². The number of nitrogens with zero attached hydrogens (tertiary/aromatic N) is 1. The van der Waals surface area contributed by atoms with E-state index in [0.29, 0.717) is 18.5 Å². The van der Waals surface area contributed by atoms with Gasteiger partial charge >= 0.3 is 11.9 Å². The zero-order valence-electron chi connectivity index (χ0n) is 20.1. The van der Waals surface area contributed by atoms with Crippen molar-refractivity contribution < 1.29 is 27.5 Å². The Morgan fingerprint density at radius 3 is 2.26 bits per heavy atom. The van der Waals surface area contributed by atoms with Crippen LogP contribution in [0.2, 0.25) is 0 Å². The van der Waals surface area contributed by atoms with E-state index in [2.05, 4.69) is 10.0 Å². The van der Waals surface area contributed by atoms with Gasteiger partial charge in [-0.1, -0.05) is 42.0 Å². The second-order valence-electron chi connectivity index (χ2n) is 8.86. The number of sulfonamides is 1. The molecule has 1 amide bonds. The average Bonchev–Trinajstić information content (AvgIpc) is 3.35. The molecule has 3 rings (SSSR count). The molecule has 188 valence electrons. The first kappa shape index (κ1) is 26.5.